The van der Waals surface area contributed by atoms with Gasteiger partial charge in [0, 0.05) is 0 Å². The lowest BCUT2D eigenvalue weighted by Crippen LogP contribution is -2.02. The third-order valence-electron chi connectivity index (χ3n) is 2.01. The van der Waals surface area contributed by atoms with Crippen LogP contribution in [0.15, 0.2) is 0 Å². The van der Waals surface area contributed by atoms with Crippen LogP contribution in [0.25, 0.3) is 0 Å². The molecule has 2 unspecified atom stereocenters. The third kappa shape index (κ3) is 6.27. The predicted octanol–water partition coefficient (Wildman–Crippen LogP) is 3.51. The minimum absolute atomic E-state index is 0.161. The Morgan fingerprint density at radius 3 is 2.27 bits per heavy atom. The zero-order chi connectivity index (χ0) is 8.69. The highest BCUT2D eigenvalue weighted by Gasteiger charge is 2.06. The smallest absolute Gasteiger partial charge is 0.0973 e. The van der Waals surface area contributed by atoms with E-state index in [-0.39, 0.29) is 12.6 Å². The Morgan fingerprint density at radius 1 is 1.27 bits per heavy atom. The van der Waals surface area contributed by atoms with E-state index in [2.05, 4.69) is 0 Å². The summed E-state index contributed by atoms with van der Waals surface area (Å²) >= 11 is 0. The lowest BCUT2D eigenvalue weighted by molar-refractivity contribution is 0.292. The Bertz CT molecular complexity index is 77.6. The lowest BCUT2D eigenvalue weighted by Gasteiger charge is -2.09. The molecule has 0 aromatic carbocycles. The molecule has 0 saturated carbocycles. The second-order valence-electron chi connectivity index (χ2n) is 3.14. The van der Waals surface area contributed by atoms with Crippen molar-refractivity contribution in [1.82, 2.24) is 0 Å². The standard InChI is InChI=1S/C9H18F2/c1-3-9(7-10)6-4-5-8(2)11/h8-9H,3-7H2,1-2H3. The van der Waals surface area contributed by atoms with Gasteiger partial charge in [-0.05, 0) is 25.7 Å². The van der Waals surface area contributed by atoms with Gasteiger partial charge in [-0.1, -0.05) is 19.8 Å². The first-order valence-corrected chi connectivity index (χ1v) is 4.40. The summed E-state index contributed by atoms with van der Waals surface area (Å²) in [6.45, 7) is 3.27. The van der Waals surface area contributed by atoms with Gasteiger partial charge in [0.1, 0.15) is 0 Å². The normalized spacial score (nSPS) is 16.4. The van der Waals surface area contributed by atoms with Crippen LogP contribution < -0.4 is 0 Å². The first-order chi connectivity index (χ1) is 5.20. The molecule has 0 aliphatic carbocycles. The predicted molar refractivity (Wildman–Crippen MR) is 44.2 cm³/mol. The maximum atomic E-state index is 12.3. The largest absolute Gasteiger partial charge is 0.251 e. The summed E-state index contributed by atoms with van der Waals surface area (Å²) in [7, 11) is 0. The van der Waals surface area contributed by atoms with Crippen molar-refractivity contribution < 1.29 is 8.78 Å². The molecule has 0 saturated heterocycles. The van der Waals surface area contributed by atoms with E-state index in [0.717, 1.165) is 19.3 Å². The van der Waals surface area contributed by atoms with E-state index in [9.17, 15) is 8.78 Å². The summed E-state index contributed by atoms with van der Waals surface area (Å²) < 4.78 is 24.4. The Kier molecular flexibility index (Phi) is 6.48. The first kappa shape index (κ1) is 10.9. The van der Waals surface area contributed by atoms with Crippen LogP contribution in [0.4, 0.5) is 8.78 Å². The summed E-state index contributed by atoms with van der Waals surface area (Å²) in [6.07, 6.45) is 2.38. The van der Waals surface area contributed by atoms with Gasteiger partial charge in [0.25, 0.3) is 0 Å². The second kappa shape index (κ2) is 6.56. The Balaban J connectivity index is 3.21. The lowest BCUT2D eigenvalue weighted by atomic mass is 10.00. The zero-order valence-corrected chi connectivity index (χ0v) is 7.45. The monoisotopic (exact) mass is 164 g/mol. The van der Waals surface area contributed by atoms with Crippen LogP contribution in [0.5, 0.6) is 0 Å². The average Bonchev–Trinajstić information content (AvgIpc) is 1.98. The zero-order valence-electron chi connectivity index (χ0n) is 7.45. The summed E-state index contributed by atoms with van der Waals surface area (Å²) in [6, 6.07) is 0. The minimum Gasteiger partial charge on any atom is -0.251 e. The van der Waals surface area contributed by atoms with Gasteiger partial charge >= 0.3 is 0 Å². The molecule has 11 heavy (non-hydrogen) atoms. The van der Waals surface area contributed by atoms with Crippen LogP contribution in [0, 0.1) is 5.92 Å². The van der Waals surface area contributed by atoms with E-state index in [1.165, 1.54) is 0 Å². The van der Waals surface area contributed by atoms with Crippen LogP contribution in [-0.2, 0) is 0 Å². The van der Waals surface area contributed by atoms with E-state index in [1.807, 2.05) is 6.92 Å². The van der Waals surface area contributed by atoms with Crippen molar-refractivity contribution in [3.63, 3.8) is 0 Å². The number of hydrogen-bond acceptors (Lipinski definition) is 0. The Labute approximate surface area is 68.0 Å². The van der Waals surface area contributed by atoms with Crippen LogP contribution in [-0.4, -0.2) is 12.8 Å². The quantitative estimate of drug-likeness (QED) is 0.563. The van der Waals surface area contributed by atoms with Crippen LogP contribution in [0.2, 0.25) is 0 Å². The molecule has 0 aromatic heterocycles. The maximum Gasteiger partial charge on any atom is 0.0973 e. The van der Waals surface area contributed by atoms with E-state index >= 15 is 0 Å². The highest BCUT2D eigenvalue weighted by Crippen LogP contribution is 2.14. The summed E-state index contributed by atoms with van der Waals surface area (Å²) in [5, 5.41) is 0. The molecule has 2 heteroatoms. The molecule has 2 atom stereocenters. The van der Waals surface area contributed by atoms with E-state index < -0.39 is 6.17 Å². The molecule has 0 heterocycles. The van der Waals surface area contributed by atoms with Gasteiger partial charge in [0.05, 0.1) is 12.8 Å². The van der Waals surface area contributed by atoms with Crippen molar-refractivity contribution in [1.29, 1.82) is 0 Å². The van der Waals surface area contributed by atoms with E-state index in [0.29, 0.717) is 6.42 Å². The molecule has 0 nitrogen and oxygen atoms in total. The number of hydrogen-bond donors (Lipinski definition) is 0. The highest BCUT2D eigenvalue weighted by molar-refractivity contribution is 4.57. The Morgan fingerprint density at radius 2 is 1.91 bits per heavy atom. The molecule has 0 spiro atoms. The molecule has 68 valence electrons. The van der Waals surface area contributed by atoms with Crippen LogP contribution >= 0.6 is 0 Å². The SMILES string of the molecule is CCC(CF)CCCC(C)F. The highest BCUT2D eigenvalue weighted by atomic mass is 19.1. The average molecular weight is 164 g/mol. The molecule has 0 amide bonds. The summed E-state index contributed by atoms with van der Waals surface area (Å²) in [5.41, 5.74) is 0. The maximum absolute atomic E-state index is 12.3. The number of alkyl halides is 2. The number of halogens is 2. The molecule has 0 radical (unpaired) electrons. The minimum atomic E-state index is -0.730. The molecule has 0 bridgehead atoms. The molecule has 0 fully saturated rings. The first-order valence-electron chi connectivity index (χ1n) is 4.40. The third-order valence-corrected chi connectivity index (χ3v) is 2.01. The van der Waals surface area contributed by atoms with Crippen molar-refractivity contribution in [2.24, 2.45) is 5.92 Å². The van der Waals surface area contributed by atoms with Crippen molar-refractivity contribution in [2.75, 3.05) is 6.67 Å². The molecular weight excluding hydrogens is 146 g/mol. The van der Waals surface area contributed by atoms with Gasteiger partial charge < -0.3 is 0 Å². The van der Waals surface area contributed by atoms with Gasteiger partial charge in [-0.15, -0.1) is 0 Å². The molecule has 0 aromatic rings. The molecule has 0 N–H and O–H groups in total. The van der Waals surface area contributed by atoms with Gasteiger partial charge in [-0.25, -0.2) is 4.39 Å². The summed E-state index contributed by atoms with van der Waals surface area (Å²) in [5.74, 6) is 0.161. The Hall–Kier alpha value is -0.140. The van der Waals surface area contributed by atoms with Crippen molar-refractivity contribution in [2.45, 2.75) is 45.7 Å². The fraction of sp³-hybridized carbons (Fsp3) is 1.00. The van der Waals surface area contributed by atoms with Gasteiger partial charge in [0.15, 0.2) is 0 Å². The van der Waals surface area contributed by atoms with E-state index in [1.54, 1.807) is 6.92 Å². The molecule has 0 aliphatic heterocycles. The fourth-order valence-corrected chi connectivity index (χ4v) is 1.08. The van der Waals surface area contributed by atoms with Gasteiger partial charge in [0.2, 0.25) is 0 Å². The molecule has 0 aliphatic rings. The van der Waals surface area contributed by atoms with Crippen LogP contribution in [0.1, 0.15) is 39.5 Å². The van der Waals surface area contributed by atoms with Crippen LogP contribution in [0.3, 0.4) is 0 Å². The molecule has 0 rings (SSSR count). The summed E-state index contributed by atoms with van der Waals surface area (Å²) in [4.78, 5) is 0. The molecular formula is C9H18F2. The van der Waals surface area contributed by atoms with Gasteiger partial charge in [-0.3, -0.25) is 4.39 Å². The fourth-order valence-electron chi connectivity index (χ4n) is 1.08. The van der Waals surface area contributed by atoms with E-state index in [4.69, 9.17) is 0 Å². The second-order valence-corrected chi connectivity index (χ2v) is 3.14. The van der Waals surface area contributed by atoms with Gasteiger partial charge in [-0.2, -0.15) is 0 Å². The van der Waals surface area contributed by atoms with Crippen molar-refractivity contribution >= 4 is 0 Å². The van der Waals surface area contributed by atoms with Crippen molar-refractivity contribution in [3.05, 3.63) is 0 Å². The number of rotatable bonds is 6. The topological polar surface area (TPSA) is 0 Å². The van der Waals surface area contributed by atoms with Crippen molar-refractivity contribution in [3.8, 4) is 0 Å².